The number of hydrogen-bond acceptors (Lipinski definition) is 2. The number of rotatable bonds is 1. The number of halogens is 1. The summed E-state index contributed by atoms with van der Waals surface area (Å²) in [7, 11) is 0. The van der Waals surface area contributed by atoms with Gasteiger partial charge in [-0.2, -0.15) is 0 Å². The van der Waals surface area contributed by atoms with Crippen LogP contribution in [0.5, 0.6) is 0 Å². The van der Waals surface area contributed by atoms with E-state index < -0.39 is 19.6 Å². The highest BCUT2D eigenvalue weighted by Gasteiger charge is 1.98. The Balaban J connectivity index is 3.41. The van der Waals surface area contributed by atoms with Gasteiger partial charge in [0.05, 0.1) is 0 Å². The van der Waals surface area contributed by atoms with Crippen LogP contribution in [0.15, 0.2) is 17.1 Å². The van der Waals surface area contributed by atoms with Crippen molar-refractivity contribution in [1.82, 2.24) is 9.97 Å². The maximum atomic E-state index is 7.81. The summed E-state index contributed by atoms with van der Waals surface area (Å²) in [4.78, 5) is 7.32. The maximum absolute atomic E-state index is 7.81. The van der Waals surface area contributed by atoms with Crippen molar-refractivity contribution in [2.75, 3.05) is 0 Å². The van der Waals surface area contributed by atoms with E-state index in [1.807, 2.05) is 0 Å². The zero-order valence-corrected chi connectivity index (χ0v) is 6.51. The zero-order chi connectivity index (χ0) is 13.5. The first-order valence-corrected chi connectivity index (χ1v) is 3.27. The van der Waals surface area contributed by atoms with E-state index in [9.17, 15) is 0 Å². The number of hydrogen-bond donors (Lipinski definition) is 0. The number of aromatic nitrogens is 2. The van der Waals surface area contributed by atoms with Crippen LogP contribution in [0.3, 0.4) is 0 Å². The van der Waals surface area contributed by atoms with Gasteiger partial charge in [-0.25, -0.2) is 9.97 Å². The van der Waals surface area contributed by atoms with Gasteiger partial charge in [0.25, 0.3) is 0 Å². The minimum atomic E-state index is -3.00. The second-order valence-corrected chi connectivity index (χ2v) is 2.33. The molecule has 2 nitrogen and oxygen atoms in total. The predicted molar refractivity (Wildman–Crippen MR) is 43.8 cm³/mol. The molecule has 0 fully saturated rings. The van der Waals surface area contributed by atoms with Crippen LogP contribution in [0, 0.1) is 0 Å². The molecule has 1 heterocycles. The molecule has 54 valence electrons. The van der Waals surface area contributed by atoms with Gasteiger partial charge in [-0.1, -0.05) is 13.7 Å². The van der Waals surface area contributed by atoms with E-state index in [1.54, 1.807) is 0 Å². The quantitative estimate of drug-likeness (QED) is 0.662. The van der Waals surface area contributed by atoms with Crippen LogP contribution in [0.1, 0.15) is 34.8 Å². The van der Waals surface area contributed by atoms with Crippen LogP contribution in [0.25, 0.3) is 0 Å². The predicted octanol–water partition coefficient (Wildman–Crippen LogP) is 2.36. The largest absolute Gasteiger partial charge is 0.230 e. The second kappa shape index (κ2) is 3.10. The van der Waals surface area contributed by atoms with E-state index in [1.165, 1.54) is 0 Å². The summed E-state index contributed by atoms with van der Waals surface area (Å²) < 4.78 is 51.5. The lowest BCUT2D eigenvalue weighted by Gasteiger charge is -2.01. The molecule has 1 rings (SSSR count). The van der Waals surface area contributed by atoms with Crippen molar-refractivity contribution in [2.24, 2.45) is 0 Å². The second-order valence-electron chi connectivity index (χ2n) is 1.62. The fourth-order valence-electron chi connectivity index (χ4n) is 0.441. The topological polar surface area (TPSA) is 25.8 Å². The lowest BCUT2D eigenvalue weighted by molar-refractivity contribution is 0.841. The van der Waals surface area contributed by atoms with Gasteiger partial charge >= 0.3 is 0 Å². The highest BCUT2D eigenvalue weighted by Crippen LogP contribution is 2.11. The molecule has 3 heteroatoms. The molecule has 0 spiro atoms. The molecule has 0 radical (unpaired) electrons. The van der Waals surface area contributed by atoms with Crippen LogP contribution in [-0.4, -0.2) is 9.97 Å². The van der Waals surface area contributed by atoms with Gasteiger partial charge in [0.2, 0.25) is 0 Å². The third kappa shape index (κ3) is 1.77. The van der Waals surface area contributed by atoms with Gasteiger partial charge in [-0.15, -0.1) is 0 Å². The molecule has 0 aliphatic heterocycles. The Morgan fingerprint density at radius 2 is 2.20 bits per heavy atom. The first-order valence-electron chi connectivity index (χ1n) is 5.98. The van der Waals surface area contributed by atoms with Crippen molar-refractivity contribution >= 4 is 15.9 Å². The molecule has 10 heavy (non-hydrogen) atoms. The van der Waals surface area contributed by atoms with Crippen molar-refractivity contribution in [3.8, 4) is 0 Å². The number of nitrogens with zero attached hydrogens (tertiary/aromatic N) is 2. The van der Waals surface area contributed by atoms with E-state index in [4.69, 9.17) is 9.60 Å². The van der Waals surface area contributed by atoms with Crippen molar-refractivity contribution < 1.29 is 9.60 Å². The van der Waals surface area contributed by atoms with Gasteiger partial charge < -0.3 is 0 Å². The summed E-state index contributed by atoms with van der Waals surface area (Å²) in [6.45, 7) is -6.01. The van der Waals surface area contributed by atoms with Crippen molar-refractivity contribution in [3.63, 3.8) is 0 Å². The van der Waals surface area contributed by atoms with Crippen LogP contribution in [-0.2, 0) is 0 Å². The zero-order valence-electron chi connectivity index (χ0n) is 11.9. The van der Waals surface area contributed by atoms with E-state index in [0.29, 0.717) is 0 Å². The SMILES string of the molecule is [2H]C([2H])([2H])C([2H])(c1cnc(Br)nc1)C([2H])([2H])[2H]. The van der Waals surface area contributed by atoms with Gasteiger partial charge in [-0.3, -0.25) is 0 Å². The highest BCUT2D eigenvalue weighted by atomic mass is 79.9. The van der Waals surface area contributed by atoms with Gasteiger partial charge in [0, 0.05) is 22.0 Å². The Kier molecular flexibility index (Phi) is 0.792. The monoisotopic (exact) mass is 207 g/mol. The maximum Gasteiger partial charge on any atom is 0.196 e. The summed E-state index contributed by atoms with van der Waals surface area (Å²) in [5.41, 5.74) is -0.263. The van der Waals surface area contributed by atoms with Crippen LogP contribution in [0.4, 0.5) is 0 Å². The smallest absolute Gasteiger partial charge is 0.196 e. The molecule has 0 aliphatic rings. The minimum Gasteiger partial charge on any atom is -0.230 e. The molecular formula is C7H9BrN2. The average molecular weight is 208 g/mol. The van der Waals surface area contributed by atoms with E-state index >= 15 is 0 Å². The Bertz CT molecular complexity index is 382. The Morgan fingerprint density at radius 3 is 2.70 bits per heavy atom. The summed E-state index contributed by atoms with van der Waals surface area (Å²) >= 11 is 2.95. The molecule has 1 aromatic heterocycles. The third-order valence-electron chi connectivity index (χ3n) is 0.909. The van der Waals surface area contributed by atoms with Crippen molar-refractivity contribution in [2.45, 2.75) is 19.6 Å². The van der Waals surface area contributed by atoms with Gasteiger partial charge in [0.1, 0.15) is 0 Å². The molecule has 0 saturated carbocycles. The van der Waals surface area contributed by atoms with Crippen molar-refractivity contribution in [1.29, 1.82) is 0 Å². The standard InChI is InChI=1S/C7H9BrN2/c1-5(2)6-3-9-7(8)10-4-6/h3-5H,1-2H3/i1D3,2D3,5D. The fraction of sp³-hybridized carbons (Fsp3) is 0.429. The summed E-state index contributed by atoms with van der Waals surface area (Å²) in [6.07, 6.45) is 2.06. The molecule has 0 atom stereocenters. The molecule has 1 aromatic rings. The highest BCUT2D eigenvalue weighted by molar-refractivity contribution is 9.10. The first-order chi connectivity index (χ1) is 7.50. The van der Waals surface area contributed by atoms with E-state index in [0.717, 1.165) is 12.4 Å². The van der Waals surface area contributed by atoms with Crippen LogP contribution in [0.2, 0.25) is 0 Å². The third-order valence-corrected chi connectivity index (χ3v) is 1.32. The molecule has 0 aromatic carbocycles. The van der Waals surface area contributed by atoms with E-state index in [2.05, 4.69) is 25.9 Å². The summed E-state index contributed by atoms with van der Waals surface area (Å²) in [6, 6.07) is 0. The summed E-state index contributed by atoms with van der Waals surface area (Å²) in [5.74, 6) is -2.74. The summed E-state index contributed by atoms with van der Waals surface area (Å²) in [5, 5.41) is 0. The Labute approximate surface area is 78.7 Å². The fourth-order valence-corrected chi connectivity index (χ4v) is 0.646. The molecule has 0 saturated heterocycles. The Morgan fingerprint density at radius 1 is 1.60 bits per heavy atom. The van der Waals surface area contributed by atoms with E-state index in [-0.39, 0.29) is 10.3 Å². The minimum absolute atomic E-state index is 0.194. The van der Waals surface area contributed by atoms with Crippen molar-refractivity contribution in [3.05, 3.63) is 22.7 Å². The van der Waals surface area contributed by atoms with Gasteiger partial charge in [-0.05, 0) is 27.4 Å². The molecule has 0 N–H and O–H groups in total. The molecular weight excluding hydrogens is 192 g/mol. The molecule has 0 amide bonds. The van der Waals surface area contributed by atoms with Gasteiger partial charge in [0.15, 0.2) is 4.73 Å². The average Bonchev–Trinajstić information content (AvgIpc) is 2.14. The lowest BCUT2D eigenvalue weighted by Crippen LogP contribution is -1.90. The van der Waals surface area contributed by atoms with Crippen LogP contribution >= 0.6 is 15.9 Å². The molecule has 0 aliphatic carbocycles. The Hall–Kier alpha value is -0.440. The molecule has 0 bridgehead atoms. The van der Waals surface area contributed by atoms with Crippen LogP contribution < -0.4 is 0 Å². The lowest BCUT2D eigenvalue weighted by atomic mass is 10.1. The first kappa shape index (κ1) is 2.55. The normalized spacial score (nSPS) is 24.3. The molecule has 0 unspecified atom stereocenters.